The van der Waals surface area contributed by atoms with Crippen molar-refractivity contribution in [2.45, 2.75) is 38.0 Å². The minimum Gasteiger partial charge on any atom is -0.481 e. The van der Waals surface area contributed by atoms with Gasteiger partial charge in [0.25, 0.3) is 0 Å². The third kappa shape index (κ3) is 1.77. The third-order valence-corrected chi connectivity index (χ3v) is 4.16. The molecular weight excluding hydrogens is 268 g/mol. The first-order valence-electron chi connectivity index (χ1n) is 5.56. The number of halogens is 1. The van der Waals surface area contributed by atoms with E-state index in [0.717, 1.165) is 41.3 Å². The summed E-state index contributed by atoms with van der Waals surface area (Å²) in [5.74, 6) is -0.686. The Balaban J connectivity index is 2.51. The van der Waals surface area contributed by atoms with Gasteiger partial charge < -0.3 is 5.11 Å². The number of hydrogen-bond donors (Lipinski definition) is 1. The molecule has 2 rings (SSSR count). The first kappa shape index (κ1) is 11.6. The minimum atomic E-state index is -0.686. The highest BCUT2D eigenvalue weighted by molar-refractivity contribution is 9.10. The Morgan fingerprint density at radius 1 is 1.38 bits per heavy atom. The van der Waals surface area contributed by atoms with Crippen molar-refractivity contribution in [3.05, 3.63) is 33.8 Å². The van der Waals surface area contributed by atoms with Gasteiger partial charge in [-0.25, -0.2) is 0 Å². The molecule has 0 radical (unpaired) electrons. The maximum absolute atomic E-state index is 11.5. The van der Waals surface area contributed by atoms with E-state index in [0.29, 0.717) is 0 Å². The van der Waals surface area contributed by atoms with Gasteiger partial charge >= 0.3 is 5.97 Å². The van der Waals surface area contributed by atoms with Crippen molar-refractivity contribution in [2.24, 2.45) is 0 Å². The van der Waals surface area contributed by atoms with Gasteiger partial charge in [0.2, 0.25) is 0 Å². The van der Waals surface area contributed by atoms with Crippen molar-refractivity contribution in [2.75, 3.05) is 0 Å². The van der Waals surface area contributed by atoms with Gasteiger partial charge in [0, 0.05) is 4.47 Å². The smallest absolute Gasteiger partial charge is 0.314 e. The van der Waals surface area contributed by atoms with Gasteiger partial charge in [-0.15, -0.1) is 0 Å². The topological polar surface area (TPSA) is 37.3 Å². The first-order valence-corrected chi connectivity index (χ1v) is 6.35. The monoisotopic (exact) mass is 282 g/mol. The second kappa shape index (κ2) is 4.21. The van der Waals surface area contributed by atoms with E-state index in [2.05, 4.69) is 15.9 Å². The highest BCUT2D eigenvalue weighted by Gasteiger charge is 2.43. The number of carboxylic acids is 1. The van der Waals surface area contributed by atoms with E-state index in [1.54, 1.807) is 0 Å². The normalized spacial score (nSPS) is 18.6. The van der Waals surface area contributed by atoms with E-state index in [9.17, 15) is 9.90 Å². The van der Waals surface area contributed by atoms with E-state index in [-0.39, 0.29) is 0 Å². The fraction of sp³-hybridized carbons (Fsp3) is 0.462. The molecule has 1 aliphatic rings. The molecule has 0 atom stereocenters. The summed E-state index contributed by atoms with van der Waals surface area (Å²) in [7, 11) is 0. The molecule has 0 saturated heterocycles. The molecule has 1 aromatic carbocycles. The lowest BCUT2D eigenvalue weighted by Crippen LogP contribution is -2.32. The summed E-state index contributed by atoms with van der Waals surface area (Å²) in [6, 6.07) is 5.94. The molecule has 86 valence electrons. The average molecular weight is 283 g/mol. The molecule has 0 bridgehead atoms. The summed E-state index contributed by atoms with van der Waals surface area (Å²) in [6.07, 6.45) is 3.52. The van der Waals surface area contributed by atoms with Crippen molar-refractivity contribution >= 4 is 21.9 Å². The van der Waals surface area contributed by atoms with Crippen LogP contribution >= 0.6 is 15.9 Å². The fourth-order valence-electron chi connectivity index (χ4n) is 2.59. The van der Waals surface area contributed by atoms with Crippen LogP contribution < -0.4 is 0 Å². The van der Waals surface area contributed by atoms with Crippen molar-refractivity contribution in [1.29, 1.82) is 0 Å². The number of benzene rings is 1. The number of carboxylic acid groups (broad SMARTS) is 1. The molecule has 0 amide bonds. The number of rotatable bonds is 2. The van der Waals surface area contributed by atoms with Crippen molar-refractivity contribution in [1.82, 2.24) is 0 Å². The van der Waals surface area contributed by atoms with Gasteiger partial charge in [-0.1, -0.05) is 40.9 Å². The highest BCUT2D eigenvalue weighted by Crippen LogP contribution is 2.44. The van der Waals surface area contributed by atoms with E-state index >= 15 is 0 Å². The molecule has 0 heterocycles. The quantitative estimate of drug-likeness (QED) is 0.899. The average Bonchev–Trinajstić information content (AvgIpc) is 2.67. The van der Waals surface area contributed by atoms with Crippen LogP contribution in [0.25, 0.3) is 0 Å². The van der Waals surface area contributed by atoms with Gasteiger partial charge in [-0.2, -0.15) is 0 Å². The zero-order valence-electron chi connectivity index (χ0n) is 9.29. The number of aryl methyl sites for hydroxylation is 1. The highest BCUT2D eigenvalue weighted by atomic mass is 79.9. The van der Waals surface area contributed by atoms with Gasteiger partial charge in [0.15, 0.2) is 0 Å². The number of carbonyl (C=O) groups is 1. The largest absolute Gasteiger partial charge is 0.481 e. The van der Waals surface area contributed by atoms with E-state index in [1.807, 2.05) is 25.1 Å². The van der Waals surface area contributed by atoms with Crippen molar-refractivity contribution in [3.8, 4) is 0 Å². The molecule has 0 spiro atoms. The standard InChI is InChI=1S/C13H15BrO2/c1-9-4-5-10(11(14)8-9)13(12(15)16)6-2-3-7-13/h4-5,8H,2-3,6-7H2,1H3,(H,15,16). The second-order valence-electron chi connectivity index (χ2n) is 4.58. The SMILES string of the molecule is Cc1ccc(C2(C(=O)O)CCCC2)c(Br)c1. The maximum atomic E-state index is 11.5. The van der Waals surface area contributed by atoms with Crippen molar-refractivity contribution < 1.29 is 9.90 Å². The molecule has 3 heteroatoms. The summed E-state index contributed by atoms with van der Waals surface area (Å²) in [6.45, 7) is 2.01. The zero-order valence-corrected chi connectivity index (χ0v) is 10.9. The van der Waals surface area contributed by atoms with Crippen LogP contribution in [0.5, 0.6) is 0 Å². The predicted molar refractivity (Wildman–Crippen MR) is 66.7 cm³/mol. The Hall–Kier alpha value is -0.830. The number of hydrogen-bond acceptors (Lipinski definition) is 1. The molecule has 0 aliphatic heterocycles. The summed E-state index contributed by atoms with van der Waals surface area (Å²) in [5.41, 5.74) is 1.42. The van der Waals surface area contributed by atoms with Crippen LogP contribution in [0.1, 0.15) is 36.8 Å². The molecule has 1 aromatic rings. The maximum Gasteiger partial charge on any atom is 0.314 e. The molecule has 1 saturated carbocycles. The van der Waals surface area contributed by atoms with E-state index in [1.165, 1.54) is 0 Å². The summed E-state index contributed by atoms with van der Waals surface area (Å²) >= 11 is 3.50. The lowest BCUT2D eigenvalue weighted by molar-refractivity contribution is -0.143. The van der Waals surface area contributed by atoms with Gasteiger partial charge in [0.05, 0.1) is 5.41 Å². The number of aliphatic carboxylic acids is 1. The Kier molecular flexibility index (Phi) is 3.06. The molecule has 1 aliphatic carbocycles. The zero-order chi connectivity index (χ0) is 11.8. The third-order valence-electron chi connectivity index (χ3n) is 3.51. The molecule has 1 fully saturated rings. The Morgan fingerprint density at radius 3 is 2.50 bits per heavy atom. The van der Waals surface area contributed by atoms with Crippen molar-refractivity contribution in [3.63, 3.8) is 0 Å². The molecule has 2 nitrogen and oxygen atoms in total. The van der Waals surface area contributed by atoms with E-state index < -0.39 is 11.4 Å². The molecule has 16 heavy (non-hydrogen) atoms. The van der Waals surface area contributed by atoms with Crippen LogP contribution in [-0.2, 0) is 10.2 Å². The van der Waals surface area contributed by atoms with E-state index in [4.69, 9.17) is 0 Å². The Morgan fingerprint density at radius 2 is 2.00 bits per heavy atom. The Labute approximate surface area is 104 Å². The fourth-order valence-corrected chi connectivity index (χ4v) is 3.46. The van der Waals surface area contributed by atoms with Crippen LogP contribution in [0, 0.1) is 6.92 Å². The molecular formula is C13H15BrO2. The van der Waals surface area contributed by atoms with Gasteiger partial charge in [-0.05, 0) is 37.0 Å². The lowest BCUT2D eigenvalue weighted by Gasteiger charge is -2.25. The molecule has 0 unspecified atom stereocenters. The van der Waals surface area contributed by atoms with Crippen LogP contribution in [0.3, 0.4) is 0 Å². The Bertz CT molecular complexity index is 420. The minimum absolute atomic E-state index is 0.660. The summed E-state index contributed by atoms with van der Waals surface area (Å²) < 4.78 is 0.928. The lowest BCUT2D eigenvalue weighted by atomic mass is 9.79. The van der Waals surface area contributed by atoms with Gasteiger partial charge in [-0.3, -0.25) is 4.79 Å². The van der Waals surface area contributed by atoms with Crippen LogP contribution in [-0.4, -0.2) is 11.1 Å². The van der Waals surface area contributed by atoms with Crippen LogP contribution in [0.2, 0.25) is 0 Å². The summed E-state index contributed by atoms with van der Waals surface area (Å²) in [4.78, 5) is 11.5. The van der Waals surface area contributed by atoms with Crippen LogP contribution in [0.15, 0.2) is 22.7 Å². The van der Waals surface area contributed by atoms with Gasteiger partial charge in [0.1, 0.15) is 0 Å². The molecule has 1 N–H and O–H groups in total. The van der Waals surface area contributed by atoms with Crippen LogP contribution in [0.4, 0.5) is 0 Å². The second-order valence-corrected chi connectivity index (χ2v) is 5.43. The molecule has 0 aromatic heterocycles. The summed E-state index contributed by atoms with van der Waals surface area (Å²) in [5, 5.41) is 9.49. The predicted octanol–water partition coefficient (Wildman–Crippen LogP) is 3.65. The first-order chi connectivity index (χ1) is 7.56.